The summed E-state index contributed by atoms with van der Waals surface area (Å²) in [7, 11) is 0. The lowest BCUT2D eigenvalue weighted by atomic mass is 9.87. The minimum Gasteiger partial charge on any atom is -0.286 e. The van der Waals surface area contributed by atoms with Gasteiger partial charge in [0, 0.05) is 5.56 Å². The van der Waals surface area contributed by atoms with Gasteiger partial charge < -0.3 is 0 Å². The number of hydrogen-bond acceptors (Lipinski definition) is 2. The molecule has 0 N–H and O–H groups in total. The van der Waals surface area contributed by atoms with Gasteiger partial charge >= 0.3 is 0 Å². The zero-order chi connectivity index (χ0) is 13.8. The molecule has 2 heteroatoms. The molecular formula is C17H26O2. The van der Waals surface area contributed by atoms with Gasteiger partial charge in [-0.3, -0.25) is 9.15 Å². The lowest BCUT2D eigenvalue weighted by Crippen LogP contribution is -2.05. The Morgan fingerprint density at radius 2 is 1.58 bits per heavy atom. The smallest absolute Gasteiger partial charge is 0.229 e. The highest BCUT2D eigenvalue weighted by atomic mass is 17.0. The van der Waals surface area contributed by atoms with Gasteiger partial charge in [0.15, 0.2) is 0 Å². The number of aryl methyl sites for hydroxylation is 1. The lowest BCUT2D eigenvalue weighted by Gasteiger charge is -2.19. The molecule has 2 rings (SSSR count). The monoisotopic (exact) mass is 262 g/mol. The molecule has 1 heterocycles. The first-order chi connectivity index (χ1) is 9.19. The Morgan fingerprint density at radius 3 is 2.05 bits per heavy atom. The van der Waals surface area contributed by atoms with Crippen LogP contribution < -0.4 is 0 Å². The summed E-state index contributed by atoms with van der Waals surface area (Å²) in [5.41, 5.74) is 6.32. The van der Waals surface area contributed by atoms with Gasteiger partial charge in [-0.1, -0.05) is 40.5 Å². The zero-order valence-electron chi connectivity index (χ0n) is 12.7. The Bertz CT molecular complexity index is 517. The van der Waals surface area contributed by atoms with Crippen molar-refractivity contribution in [3.05, 3.63) is 22.8 Å². The van der Waals surface area contributed by atoms with Crippen molar-refractivity contribution in [2.45, 2.75) is 72.1 Å². The molecule has 1 aromatic carbocycles. The predicted octanol–water partition coefficient (Wildman–Crippen LogP) is 5.83. The van der Waals surface area contributed by atoms with Crippen LogP contribution in [-0.2, 0) is 12.8 Å². The van der Waals surface area contributed by atoms with Crippen molar-refractivity contribution < 1.29 is 9.15 Å². The SMILES string of the molecule is CCCCc1c(C(C)C)cc2ooc2c1CCCC. The summed E-state index contributed by atoms with van der Waals surface area (Å²) in [6.07, 6.45) is 7.20. The van der Waals surface area contributed by atoms with E-state index in [0.29, 0.717) is 5.92 Å². The number of rotatable bonds is 7. The molecule has 0 aliphatic heterocycles. The van der Waals surface area contributed by atoms with Crippen LogP contribution in [0.4, 0.5) is 0 Å². The van der Waals surface area contributed by atoms with Crippen LogP contribution in [-0.4, -0.2) is 0 Å². The predicted molar refractivity (Wildman–Crippen MR) is 79.8 cm³/mol. The normalized spacial score (nSPS) is 11.8. The first-order valence-corrected chi connectivity index (χ1v) is 7.72. The van der Waals surface area contributed by atoms with E-state index >= 15 is 0 Å². The summed E-state index contributed by atoms with van der Waals surface area (Å²) in [6, 6.07) is 2.18. The molecule has 0 aliphatic rings. The summed E-state index contributed by atoms with van der Waals surface area (Å²) in [6.45, 7) is 9.02. The molecule has 0 saturated carbocycles. The van der Waals surface area contributed by atoms with E-state index in [2.05, 4.69) is 33.8 Å². The molecule has 0 aliphatic carbocycles. The maximum absolute atomic E-state index is 5.26. The van der Waals surface area contributed by atoms with Crippen molar-refractivity contribution in [1.29, 1.82) is 0 Å². The van der Waals surface area contributed by atoms with Gasteiger partial charge in [-0.2, -0.15) is 0 Å². The maximum atomic E-state index is 5.26. The molecule has 0 unspecified atom stereocenters. The van der Waals surface area contributed by atoms with Gasteiger partial charge in [0.2, 0.25) is 11.2 Å². The highest BCUT2D eigenvalue weighted by molar-refractivity contribution is 5.78. The molecule has 0 radical (unpaired) electrons. The van der Waals surface area contributed by atoms with Gasteiger partial charge in [-0.25, -0.2) is 0 Å². The first-order valence-electron chi connectivity index (χ1n) is 7.72. The summed E-state index contributed by atoms with van der Waals surface area (Å²) >= 11 is 0. The van der Waals surface area contributed by atoms with Crippen molar-refractivity contribution in [1.82, 2.24) is 0 Å². The Labute approximate surface area is 116 Å². The van der Waals surface area contributed by atoms with Crippen LogP contribution in [0.1, 0.15) is 76.0 Å². The van der Waals surface area contributed by atoms with E-state index in [9.17, 15) is 0 Å². The second-order valence-electron chi connectivity index (χ2n) is 5.78. The highest BCUT2D eigenvalue weighted by Gasteiger charge is 2.20. The molecule has 2 aromatic rings. The van der Waals surface area contributed by atoms with E-state index in [-0.39, 0.29) is 0 Å². The van der Waals surface area contributed by atoms with Crippen molar-refractivity contribution in [3.8, 4) is 0 Å². The highest BCUT2D eigenvalue weighted by Crippen LogP contribution is 2.34. The van der Waals surface area contributed by atoms with Crippen molar-refractivity contribution >= 4 is 11.2 Å². The van der Waals surface area contributed by atoms with Crippen LogP contribution in [0.15, 0.2) is 15.2 Å². The topological polar surface area (TPSA) is 26.3 Å². The van der Waals surface area contributed by atoms with E-state index in [0.717, 1.165) is 17.6 Å². The fraction of sp³-hybridized carbons (Fsp3) is 0.647. The van der Waals surface area contributed by atoms with E-state index in [4.69, 9.17) is 9.15 Å². The van der Waals surface area contributed by atoms with Crippen LogP contribution in [0.25, 0.3) is 11.2 Å². The van der Waals surface area contributed by atoms with Gasteiger partial charge in [0.25, 0.3) is 0 Å². The second-order valence-corrected chi connectivity index (χ2v) is 5.78. The minimum atomic E-state index is 0.543. The molecule has 2 nitrogen and oxygen atoms in total. The van der Waals surface area contributed by atoms with Crippen LogP contribution in [0.5, 0.6) is 0 Å². The number of fused-ring (bicyclic) bond motifs is 1. The van der Waals surface area contributed by atoms with Gasteiger partial charge in [0.1, 0.15) is 0 Å². The zero-order valence-corrected chi connectivity index (χ0v) is 12.7. The lowest BCUT2D eigenvalue weighted by molar-refractivity contribution is 0.0578. The van der Waals surface area contributed by atoms with E-state index in [1.54, 1.807) is 0 Å². The molecule has 0 amide bonds. The molecule has 1 aromatic heterocycles. The van der Waals surface area contributed by atoms with Crippen LogP contribution in [0, 0.1) is 0 Å². The third kappa shape index (κ3) is 2.88. The Balaban J connectivity index is 2.45. The molecule has 19 heavy (non-hydrogen) atoms. The third-order valence-electron chi connectivity index (χ3n) is 3.89. The molecule has 106 valence electrons. The summed E-state index contributed by atoms with van der Waals surface area (Å²) in [5, 5.41) is 0. The molecule has 0 bridgehead atoms. The van der Waals surface area contributed by atoms with Crippen molar-refractivity contribution in [2.24, 2.45) is 0 Å². The molecule has 0 saturated heterocycles. The standard InChI is InChI=1S/C17H26O2/c1-5-7-9-13-14(10-8-6-2)17-16(18-19-17)11-15(13)12(3)4/h11-12H,5-10H2,1-4H3. The molecule has 0 atom stereocenters. The number of benzene rings is 1. The summed E-state index contributed by atoms with van der Waals surface area (Å²) in [5.74, 6) is 0.543. The van der Waals surface area contributed by atoms with E-state index in [1.807, 2.05) is 0 Å². The largest absolute Gasteiger partial charge is 0.286 e. The molecular weight excluding hydrogens is 236 g/mol. The minimum absolute atomic E-state index is 0.543. The van der Waals surface area contributed by atoms with Crippen molar-refractivity contribution in [3.63, 3.8) is 0 Å². The Hall–Kier alpha value is -1.18. The van der Waals surface area contributed by atoms with Crippen LogP contribution >= 0.6 is 0 Å². The maximum Gasteiger partial charge on any atom is 0.229 e. The number of hydrogen-bond donors (Lipinski definition) is 0. The average Bonchev–Trinajstić information content (AvgIpc) is 2.35. The molecule has 0 spiro atoms. The van der Waals surface area contributed by atoms with Gasteiger partial charge in [0.05, 0.1) is 0 Å². The Morgan fingerprint density at radius 1 is 0.947 bits per heavy atom. The van der Waals surface area contributed by atoms with E-state index < -0.39 is 0 Å². The fourth-order valence-corrected chi connectivity index (χ4v) is 2.74. The van der Waals surface area contributed by atoms with Gasteiger partial charge in [-0.05, 0) is 48.8 Å². The average molecular weight is 262 g/mol. The summed E-state index contributed by atoms with van der Waals surface area (Å²) < 4.78 is 10.4. The fourth-order valence-electron chi connectivity index (χ4n) is 2.74. The van der Waals surface area contributed by atoms with Crippen molar-refractivity contribution in [2.75, 3.05) is 0 Å². The van der Waals surface area contributed by atoms with Gasteiger partial charge in [-0.15, -0.1) is 0 Å². The van der Waals surface area contributed by atoms with Crippen LogP contribution in [0.3, 0.4) is 0 Å². The van der Waals surface area contributed by atoms with Crippen LogP contribution in [0.2, 0.25) is 0 Å². The van der Waals surface area contributed by atoms with E-state index in [1.165, 1.54) is 48.8 Å². The summed E-state index contributed by atoms with van der Waals surface area (Å²) in [4.78, 5) is 0. The quantitative estimate of drug-likeness (QED) is 0.586. The Kier molecular flexibility index (Phi) is 4.73. The third-order valence-corrected chi connectivity index (χ3v) is 3.89. The number of unbranched alkanes of at least 4 members (excludes halogenated alkanes) is 2. The molecule has 0 fully saturated rings. The second kappa shape index (κ2) is 6.31. The first kappa shape index (κ1) is 14.2.